The molecule has 6 heteroatoms. The van der Waals surface area contributed by atoms with Crippen LogP contribution in [-0.4, -0.2) is 18.1 Å². The summed E-state index contributed by atoms with van der Waals surface area (Å²) < 4.78 is 6.15. The molecule has 0 heterocycles. The predicted molar refractivity (Wildman–Crippen MR) is 105 cm³/mol. The third-order valence-electron chi connectivity index (χ3n) is 3.63. The maximum Gasteiger partial charge on any atom is 0.261 e. The molecule has 0 radical (unpaired) electrons. The van der Waals surface area contributed by atoms with Crippen LogP contribution in [0, 0.1) is 20.8 Å². The van der Waals surface area contributed by atoms with Gasteiger partial charge in [0.2, 0.25) is 0 Å². The zero-order chi connectivity index (χ0) is 17.9. The van der Waals surface area contributed by atoms with Crippen molar-refractivity contribution in [2.45, 2.75) is 20.8 Å². The second kappa shape index (κ2) is 7.77. The first-order valence-corrected chi connectivity index (χ1v) is 8.56. The Morgan fingerprint density at radius 1 is 1.12 bits per heavy atom. The second-order valence-electron chi connectivity index (χ2n) is 5.48. The third kappa shape index (κ3) is 4.13. The molecule has 0 fully saturated rings. The van der Waals surface area contributed by atoms with Crippen LogP contribution in [0.15, 0.2) is 34.8 Å². The van der Waals surface area contributed by atoms with Crippen molar-refractivity contribution in [3.8, 4) is 5.75 Å². The summed E-state index contributed by atoms with van der Waals surface area (Å²) in [5.74, 6) is 0.213. The van der Waals surface area contributed by atoms with Crippen LogP contribution in [0.1, 0.15) is 27.0 Å². The van der Waals surface area contributed by atoms with E-state index in [9.17, 15) is 4.79 Å². The molecule has 0 atom stereocenters. The number of aryl methyl sites for hydroxylation is 3. The zero-order valence-corrected chi connectivity index (χ0v) is 16.4. The Labute approximate surface area is 155 Å². The van der Waals surface area contributed by atoms with Crippen LogP contribution in [0.3, 0.4) is 0 Å². The van der Waals surface area contributed by atoms with Gasteiger partial charge in [0.1, 0.15) is 5.75 Å². The van der Waals surface area contributed by atoms with Crippen molar-refractivity contribution >= 4 is 44.9 Å². The number of carbonyl (C=O) groups is 1. The number of rotatable bonds is 3. The lowest BCUT2D eigenvalue weighted by Crippen LogP contribution is -2.34. The Hall–Kier alpha value is -1.92. The molecule has 2 rings (SSSR count). The van der Waals surface area contributed by atoms with Gasteiger partial charge >= 0.3 is 0 Å². The number of hydrogen-bond acceptors (Lipinski definition) is 3. The number of anilines is 1. The number of methoxy groups -OCH3 is 1. The van der Waals surface area contributed by atoms with E-state index in [1.165, 1.54) is 0 Å². The summed E-state index contributed by atoms with van der Waals surface area (Å²) >= 11 is 8.68. The summed E-state index contributed by atoms with van der Waals surface area (Å²) in [6.45, 7) is 5.86. The van der Waals surface area contributed by atoms with Crippen LogP contribution in [0.2, 0.25) is 0 Å². The fourth-order valence-corrected chi connectivity index (χ4v) is 3.26. The Kier molecular flexibility index (Phi) is 5.96. The maximum atomic E-state index is 12.6. The van der Waals surface area contributed by atoms with E-state index >= 15 is 0 Å². The SMILES string of the molecule is COc1c(C)cc(Br)cc1C(=O)NC(=S)Nc1c(C)cccc1C. The smallest absolute Gasteiger partial charge is 0.261 e. The van der Waals surface area contributed by atoms with Crippen LogP contribution in [0.25, 0.3) is 0 Å². The average Bonchev–Trinajstić information content (AvgIpc) is 2.50. The van der Waals surface area contributed by atoms with Crippen molar-refractivity contribution in [3.05, 3.63) is 57.1 Å². The molecule has 126 valence electrons. The minimum atomic E-state index is -0.319. The van der Waals surface area contributed by atoms with Crippen molar-refractivity contribution in [1.29, 1.82) is 0 Å². The molecule has 0 bridgehead atoms. The number of ether oxygens (including phenoxy) is 1. The van der Waals surface area contributed by atoms with E-state index in [1.807, 2.05) is 45.0 Å². The average molecular weight is 407 g/mol. The van der Waals surface area contributed by atoms with Crippen molar-refractivity contribution in [3.63, 3.8) is 0 Å². The lowest BCUT2D eigenvalue weighted by Gasteiger charge is -2.16. The first kappa shape index (κ1) is 18.4. The van der Waals surface area contributed by atoms with Gasteiger partial charge in [0.05, 0.1) is 12.7 Å². The molecule has 0 saturated carbocycles. The van der Waals surface area contributed by atoms with Crippen molar-refractivity contribution in [2.24, 2.45) is 0 Å². The van der Waals surface area contributed by atoms with E-state index in [4.69, 9.17) is 17.0 Å². The topological polar surface area (TPSA) is 50.4 Å². The molecule has 0 aliphatic heterocycles. The Balaban J connectivity index is 2.20. The molecular weight excluding hydrogens is 388 g/mol. The van der Waals surface area contributed by atoms with Gasteiger partial charge in [-0.2, -0.15) is 0 Å². The van der Waals surface area contributed by atoms with E-state index < -0.39 is 0 Å². The van der Waals surface area contributed by atoms with Gasteiger partial charge in [0.15, 0.2) is 5.11 Å². The number of thiocarbonyl (C=S) groups is 1. The Bertz CT molecular complexity index is 786. The highest BCUT2D eigenvalue weighted by molar-refractivity contribution is 9.10. The van der Waals surface area contributed by atoms with E-state index in [-0.39, 0.29) is 11.0 Å². The van der Waals surface area contributed by atoms with Gasteiger partial charge in [-0.25, -0.2) is 0 Å². The lowest BCUT2D eigenvalue weighted by atomic mass is 10.1. The van der Waals surface area contributed by atoms with Gasteiger partial charge in [-0.15, -0.1) is 0 Å². The number of para-hydroxylation sites is 1. The second-order valence-corrected chi connectivity index (χ2v) is 6.80. The highest BCUT2D eigenvalue weighted by Crippen LogP contribution is 2.27. The Morgan fingerprint density at radius 2 is 1.75 bits per heavy atom. The number of hydrogen-bond donors (Lipinski definition) is 2. The first-order chi connectivity index (χ1) is 11.3. The highest BCUT2D eigenvalue weighted by Gasteiger charge is 2.17. The number of amides is 1. The molecule has 24 heavy (non-hydrogen) atoms. The summed E-state index contributed by atoms with van der Waals surface area (Å²) in [6.07, 6.45) is 0. The van der Waals surface area contributed by atoms with E-state index in [1.54, 1.807) is 13.2 Å². The summed E-state index contributed by atoms with van der Waals surface area (Å²) in [6, 6.07) is 9.55. The fourth-order valence-electron chi connectivity index (χ4n) is 2.50. The Morgan fingerprint density at radius 3 is 2.33 bits per heavy atom. The molecule has 0 aliphatic carbocycles. The fraction of sp³-hybridized carbons (Fsp3) is 0.222. The van der Waals surface area contributed by atoms with Gasteiger partial charge in [-0.1, -0.05) is 34.1 Å². The maximum absolute atomic E-state index is 12.6. The molecular formula is C18H19BrN2O2S. The lowest BCUT2D eigenvalue weighted by molar-refractivity contribution is 0.0974. The standard InChI is InChI=1S/C18H19BrN2O2S/c1-10-6-5-7-11(2)15(10)20-18(24)21-17(22)14-9-13(19)8-12(3)16(14)23-4/h5-9H,1-4H3,(H2,20,21,22,24). The molecule has 0 aromatic heterocycles. The van der Waals surface area contributed by atoms with E-state index in [0.29, 0.717) is 11.3 Å². The molecule has 2 N–H and O–H groups in total. The van der Waals surface area contributed by atoms with Crippen LogP contribution < -0.4 is 15.4 Å². The van der Waals surface area contributed by atoms with E-state index in [0.717, 1.165) is 26.9 Å². The summed E-state index contributed by atoms with van der Waals surface area (Å²) in [4.78, 5) is 12.6. The van der Waals surface area contributed by atoms with Crippen molar-refractivity contribution in [2.75, 3.05) is 12.4 Å². The van der Waals surface area contributed by atoms with Gasteiger partial charge in [-0.3, -0.25) is 10.1 Å². The summed E-state index contributed by atoms with van der Waals surface area (Å²) in [5, 5.41) is 6.05. The molecule has 2 aromatic rings. The molecule has 0 unspecified atom stereocenters. The highest BCUT2D eigenvalue weighted by atomic mass is 79.9. The van der Waals surface area contributed by atoms with Crippen LogP contribution >= 0.6 is 28.1 Å². The number of halogens is 1. The largest absolute Gasteiger partial charge is 0.496 e. The molecule has 0 spiro atoms. The quantitative estimate of drug-likeness (QED) is 0.736. The van der Waals surface area contributed by atoms with Crippen LogP contribution in [0.4, 0.5) is 5.69 Å². The minimum Gasteiger partial charge on any atom is -0.496 e. The molecule has 2 aromatic carbocycles. The van der Waals surface area contributed by atoms with Crippen molar-refractivity contribution < 1.29 is 9.53 Å². The molecule has 0 saturated heterocycles. The summed E-state index contributed by atoms with van der Waals surface area (Å²) in [5.41, 5.74) is 4.31. The number of nitrogens with one attached hydrogen (secondary N) is 2. The number of benzene rings is 2. The van der Waals surface area contributed by atoms with Gasteiger partial charge in [0, 0.05) is 10.2 Å². The predicted octanol–water partition coefficient (Wildman–Crippen LogP) is 4.51. The summed E-state index contributed by atoms with van der Waals surface area (Å²) in [7, 11) is 1.54. The molecule has 4 nitrogen and oxygen atoms in total. The zero-order valence-electron chi connectivity index (χ0n) is 14.0. The minimum absolute atomic E-state index is 0.247. The molecule has 1 amide bonds. The first-order valence-electron chi connectivity index (χ1n) is 7.36. The molecule has 0 aliphatic rings. The monoisotopic (exact) mass is 406 g/mol. The van der Waals surface area contributed by atoms with Crippen LogP contribution in [-0.2, 0) is 0 Å². The van der Waals surface area contributed by atoms with Crippen LogP contribution in [0.5, 0.6) is 5.75 Å². The van der Waals surface area contributed by atoms with Gasteiger partial charge in [0.25, 0.3) is 5.91 Å². The third-order valence-corrected chi connectivity index (χ3v) is 4.30. The normalized spacial score (nSPS) is 10.2. The van der Waals surface area contributed by atoms with E-state index in [2.05, 4.69) is 26.6 Å². The van der Waals surface area contributed by atoms with Crippen molar-refractivity contribution in [1.82, 2.24) is 5.32 Å². The van der Waals surface area contributed by atoms with Gasteiger partial charge in [-0.05, 0) is 61.8 Å². The van der Waals surface area contributed by atoms with Gasteiger partial charge < -0.3 is 10.1 Å². The number of carbonyl (C=O) groups excluding carboxylic acids is 1.